The second kappa shape index (κ2) is 6.34. The van der Waals surface area contributed by atoms with Crippen molar-refractivity contribution in [1.82, 2.24) is 0 Å². The first-order valence-corrected chi connectivity index (χ1v) is 7.42. The Bertz CT molecular complexity index is 418. The molecule has 0 fully saturated rings. The van der Waals surface area contributed by atoms with Crippen LogP contribution in [0, 0.1) is 10.8 Å². The lowest BCUT2D eigenvalue weighted by molar-refractivity contribution is -0.146. The molecular formula is C16H30N2O4. The summed E-state index contributed by atoms with van der Waals surface area (Å²) < 4.78 is 0. The smallest absolute Gasteiger partial charge is 0.333 e. The number of carboxylic acids is 2. The van der Waals surface area contributed by atoms with E-state index in [9.17, 15) is 19.8 Å². The second-order valence-electron chi connectivity index (χ2n) is 8.83. The molecule has 0 aliphatic carbocycles. The quantitative estimate of drug-likeness (QED) is 0.724. The minimum Gasteiger partial charge on any atom is -0.479 e. The third-order valence-corrected chi connectivity index (χ3v) is 3.16. The first-order chi connectivity index (χ1) is 9.51. The molecule has 2 atom stereocenters. The first kappa shape index (κ1) is 20.5. The number of carbonyl (C=O) groups is 2. The third-order valence-electron chi connectivity index (χ3n) is 3.16. The molecule has 6 nitrogen and oxygen atoms in total. The van der Waals surface area contributed by atoms with Crippen molar-refractivity contribution in [3.63, 3.8) is 0 Å². The molecule has 22 heavy (non-hydrogen) atoms. The van der Waals surface area contributed by atoms with Gasteiger partial charge in [-0.3, -0.25) is 0 Å². The molecule has 6 heteroatoms. The van der Waals surface area contributed by atoms with E-state index < -0.39 is 23.0 Å². The van der Waals surface area contributed by atoms with Crippen LogP contribution in [0.2, 0.25) is 0 Å². The molecular weight excluding hydrogens is 284 g/mol. The number of hydrogen-bond acceptors (Lipinski definition) is 4. The van der Waals surface area contributed by atoms with Gasteiger partial charge >= 0.3 is 11.9 Å². The SMILES string of the molecule is CC(C)(C)CC(C)(N=NC(C)(CC(C)(C)C)C(=O)O)C(=O)O. The number of aliphatic carboxylic acids is 2. The van der Waals surface area contributed by atoms with Gasteiger partial charge in [-0.05, 0) is 37.5 Å². The Morgan fingerprint density at radius 3 is 1.05 bits per heavy atom. The fourth-order valence-corrected chi connectivity index (χ4v) is 2.59. The van der Waals surface area contributed by atoms with E-state index in [1.54, 1.807) is 0 Å². The molecule has 0 bridgehead atoms. The van der Waals surface area contributed by atoms with Crippen LogP contribution in [-0.2, 0) is 9.59 Å². The van der Waals surface area contributed by atoms with Crippen LogP contribution >= 0.6 is 0 Å². The van der Waals surface area contributed by atoms with Gasteiger partial charge < -0.3 is 10.2 Å². The van der Waals surface area contributed by atoms with Gasteiger partial charge in [0.1, 0.15) is 0 Å². The Morgan fingerprint density at radius 2 is 0.909 bits per heavy atom. The van der Waals surface area contributed by atoms with Gasteiger partial charge in [0, 0.05) is 0 Å². The number of rotatable bonds is 6. The monoisotopic (exact) mass is 314 g/mol. The summed E-state index contributed by atoms with van der Waals surface area (Å²) in [6.45, 7) is 14.4. The molecule has 0 aromatic rings. The van der Waals surface area contributed by atoms with Gasteiger partial charge in [-0.25, -0.2) is 9.59 Å². The highest BCUT2D eigenvalue weighted by Gasteiger charge is 2.42. The maximum atomic E-state index is 11.6. The van der Waals surface area contributed by atoms with Gasteiger partial charge in [-0.1, -0.05) is 41.5 Å². The predicted octanol–water partition coefficient (Wildman–Crippen LogP) is 4.00. The summed E-state index contributed by atoms with van der Waals surface area (Å²) in [5, 5.41) is 26.9. The minimum atomic E-state index is -1.44. The molecule has 0 rings (SSSR count). The number of nitrogens with zero attached hydrogens (tertiary/aromatic N) is 2. The summed E-state index contributed by atoms with van der Waals surface area (Å²) in [6, 6.07) is 0. The molecule has 0 aromatic carbocycles. The molecule has 0 spiro atoms. The summed E-state index contributed by atoms with van der Waals surface area (Å²) in [5.41, 5.74) is -3.41. The van der Waals surface area contributed by atoms with Crippen molar-refractivity contribution < 1.29 is 19.8 Å². The Hall–Kier alpha value is -1.46. The average Bonchev–Trinajstić information content (AvgIpc) is 2.21. The van der Waals surface area contributed by atoms with Crippen LogP contribution in [0.3, 0.4) is 0 Å². The Morgan fingerprint density at radius 1 is 0.682 bits per heavy atom. The fraction of sp³-hybridized carbons (Fsp3) is 0.875. The predicted molar refractivity (Wildman–Crippen MR) is 85.1 cm³/mol. The van der Waals surface area contributed by atoms with Crippen LogP contribution in [0.25, 0.3) is 0 Å². The van der Waals surface area contributed by atoms with Crippen LogP contribution in [-0.4, -0.2) is 33.2 Å². The van der Waals surface area contributed by atoms with Gasteiger partial charge in [0.15, 0.2) is 11.1 Å². The Kier molecular flexibility index (Phi) is 5.92. The summed E-state index contributed by atoms with van der Waals surface area (Å²) in [4.78, 5) is 23.1. The largest absolute Gasteiger partial charge is 0.479 e. The van der Waals surface area contributed by atoms with Crippen molar-refractivity contribution in [2.45, 2.75) is 79.3 Å². The van der Waals surface area contributed by atoms with Gasteiger partial charge in [0.2, 0.25) is 0 Å². The van der Waals surface area contributed by atoms with E-state index >= 15 is 0 Å². The van der Waals surface area contributed by atoms with Gasteiger partial charge in [0.05, 0.1) is 0 Å². The zero-order valence-electron chi connectivity index (χ0n) is 15.0. The molecule has 128 valence electrons. The lowest BCUT2D eigenvalue weighted by atomic mass is 9.80. The lowest BCUT2D eigenvalue weighted by Crippen LogP contribution is -2.40. The molecule has 0 saturated carbocycles. The second-order valence-corrected chi connectivity index (χ2v) is 8.83. The maximum absolute atomic E-state index is 11.6. The van der Waals surface area contributed by atoms with E-state index in [2.05, 4.69) is 10.2 Å². The fourth-order valence-electron chi connectivity index (χ4n) is 2.59. The van der Waals surface area contributed by atoms with E-state index in [0.29, 0.717) is 0 Å². The third kappa shape index (κ3) is 6.54. The number of hydrogen-bond donors (Lipinski definition) is 2. The molecule has 0 amide bonds. The van der Waals surface area contributed by atoms with Crippen molar-refractivity contribution in [2.24, 2.45) is 21.1 Å². The van der Waals surface area contributed by atoms with Crippen molar-refractivity contribution in [2.75, 3.05) is 0 Å². The first-order valence-electron chi connectivity index (χ1n) is 7.42. The lowest BCUT2D eigenvalue weighted by Gasteiger charge is -2.31. The van der Waals surface area contributed by atoms with Crippen LogP contribution in [0.1, 0.15) is 68.2 Å². The summed E-state index contributed by atoms with van der Waals surface area (Å²) in [6.07, 6.45) is 0.536. The molecule has 2 N–H and O–H groups in total. The van der Waals surface area contributed by atoms with E-state index in [-0.39, 0.29) is 23.7 Å². The molecule has 0 aliphatic rings. The highest BCUT2D eigenvalue weighted by atomic mass is 16.4. The zero-order chi connectivity index (χ0) is 18.0. The highest BCUT2D eigenvalue weighted by molar-refractivity contribution is 5.79. The van der Waals surface area contributed by atoms with Crippen molar-refractivity contribution in [3.05, 3.63) is 0 Å². The zero-order valence-corrected chi connectivity index (χ0v) is 15.0. The number of carboxylic acid groups (broad SMARTS) is 2. The van der Waals surface area contributed by atoms with Crippen molar-refractivity contribution in [1.29, 1.82) is 0 Å². The van der Waals surface area contributed by atoms with Crippen LogP contribution < -0.4 is 0 Å². The Balaban J connectivity index is 5.61. The molecule has 0 aliphatic heterocycles. The molecule has 0 aromatic heterocycles. The molecule has 0 heterocycles. The van der Waals surface area contributed by atoms with Crippen LogP contribution in [0.4, 0.5) is 0 Å². The minimum absolute atomic E-state index is 0.268. The van der Waals surface area contributed by atoms with Gasteiger partial charge in [0.25, 0.3) is 0 Å². The summed E-state index contributed by atoms with van der Waals surface area (Å²) in [7, 11) is 0. The number of azo groups is 1. The highest BCUT2D eigenvalue weighted by Crippen LogP contribution is 2.34. The molecule has 0 radical (unpaired) electrons. The maximum Gasteiger partial charge on any atom is 0.333 e. The van der Waals surface area contributed by atoms with Crippen molar-refractivity contribution >= 4 is 11.9 Å². The standard InChI is InChI=1S/C16H30N2O4/c1-13(2,3)9-15(7,11(19)20)17-18-16(8,12(21)22)10-14(4,5)6/h9-10H2,1-8H3,(H,19,20)(H,21,22). The van der Waals surface area contributed by atoms with Crippen LogP contribution in [0.15, 0.2) is 10.2 Å². The van der Waals surface area contributed by atoms with E-state index in [1.807, 2.05) is 41.5 Å². The summed E-state index contributed by atoms with van der Waals surface area (Å²) in [5.74, 6) is -2.20. The molecule has 2 unspecified atom stereocenters. The van der Waals surface area contributed by atoms with E-state index in [4.69, 9.17) is 0 Å². The normalized spacial score (nSPS) is 18.7. The summed E-state index contributed by atoms with van der Waals surface area (Å²) >= 11 is 0. The van der Waals surface area contributed by atoms with E-state index in [0.717, 1.165) is 0 Å². The average molecular weight is 314 g/mol. The Labute approximate surface area is 133 Å². The van der Waals surface area contributed by atoms with Gasteiger partial charge in [-0.2, -0.15) is 10.2 Å². The molecule has 0 saturated heterocycles. The topological polar surface area (TPSA) is 99.3 Å². The van der Waals surface area contributed by atoms with Crippen LogP contribution in [0.5, 0.6) is 0 Å². The van der Waals surface area contributed by atoms with Crippen molar-refractivity contribution in [3.8, 4) is 0 Å². The van der Waals surface area contributed by atoms with Gasteiger partial charge in [-0.15, -0.1) is 0 Å². The van der Waals surface area contributed by atoms with E-state index in [1.165, 1.54) is 13.8 Å².